The van der Waals surface area contributed by atoms with E-state index in [0.717, 1.165) is 70.1 Å². The number of benzene rings is 2. The molecule has 37 heavy (non-hydrogen) atoms. The maximum Gasteiger partial charge on any atom is 0.229 e. The Labute approximate surface area is 230 Å². The molecule has 8 nitrogen and oxygen atoms in total. The number of fused-ring (bicyclic) bond motifs is 3. The number of anilines is 1. The Morgan fingerprint density at radius 3 is 2.70 bits per heavy atom. The van der Waals surface area contributed by atoms with Gasteiger partial charge >= 0.3 is 0 Å². The van der Waals surface area contributed by atoms with E-state index in [1.165, 1.54) is 0 Å². The van der Waals surface area contributed by atoms with Crippen LogP contribution in [0.5, 0.6) is 5.75 Å². The first-order valence-electron chi connectivity index (χ1n) is 12.7. The lowest BCUT2D eigenvalue weighted by atomic mass is 10.1. The number of imidazole rings is 1. The third-order valence-corrected chi connectivity index (χ3v) is 7.12. The summed E-state index contributed by atoms with van der Waals surface area (Å²) in [6.07, 6.45) is 3.70. The zero-order chi connectivity index (χ0) is 26.4. The summed E-state index contributed by atoms with van der Waals surface area (Å²) in [5.41, 5.74) is 12.0. The molecular weight excluding hydrogens is 581 g/mol. The molecule has 9 heteroatoms. The molecule has 4 N–H and O–H groups in total. The van der Waals surface area contributed by atoms with Crippen LogP contribution in [-0.4, -0.2) is 49.7 Å². The van der Waals surface area contributed by atoms with Crippen LogP contribution in [0, 0.1) is 6.92 Å². The summed E-state index contributed by atoms with van der Waals surface area (Å²) in [7, 11) is 0. The Hall–Kier alpha value is -2.92. The molecule has 4 rings (SSSR count). The zero-order valence-electron chi connectivity index (χ0n) is 21.4. The summed E-state index contributed by atoms with van der Waals surface area (Å²) in [5.74, 6) is 1.74. The quantitative estimate of drug-likeness (QED) is 0.121. The fourth-order valence-electron chi connectivity index (χ4n) is 4.46. The van der Waals surface area contributed by atoms with Crippen LogP contribution in [0.4, 0.5) is 5.82 Å². The molecule has 0 aliphatic carbocycles. The minimum atomic E-state index is 0.0203. The molecule has 2 aromatic carbocycles. The largest absolute Gasteiger partial charge is 0.508 e. The lowest BCUT2D eigenvalue weighted by molar-refractivity contribution is -0.118. The number of unbranched alkanes of at least 4 members (excludes halogenated alkanes) is 1. The number of ether oxygens (including phenoxy) is 1. The van der Waals surface area contributed by atoms with E-state index in [1.807, 2.05) is 47.7 Å². The minimum absolute atomic E-state index is 0.0203. The van der Waals surface area contributed by atoms with Crippen LogP contribution >= 0.6 is 22.6 Å². The van der Waals surface area contributed by atoms with Gasteiger partial charge in [0.15, 0.2) is 5.82 Å². The molecule has 0 spiro atoms. The molecular formula is C28H34IN5O3. The van der Waals surface area contributed by atoms with Crippen molar-refractivity contribution in [1.82, 2.24) is 19.9 Å². The van der Waals surface area contributed by atoms with Crippen LogP contribution in [0.15, 0.2) is 36.4 Å². The van der Waals surface area contributed by atoms with E-state index in [-0.39, 0.29) is 5.91 Å². The van der Waals surface area contributed by atoms with Crippen molar-refractivity contribution >= 4 is 56.3 Å². The molecule has 0 saturated carbocycles. The van der Waals surface area contributed by atoms with Crippen molar-refractivity contribution in [3.63, 3.8) is 0 Å². The van der Waals surface area contributed by atoms with Gasteiger partial charge in [-0.3, -0.25) is 4.79 Å². The van der Waals surface area contributed by atoms with E-state index in [0.29, 0.717) is 42.3 Å². The number of aromatic nitrogens is 3. The number of aryl methyl sites for hydroxylation is 2. The monoisotopic (exact) mass is 615 g/mol. The van der Waals surface area contributed by atoms with Crippen LogP contribution in [-0.2, 0) is 28.9 Å². The highest BCUT2D eigenvalue weighted by atomic mass is 127. The number of hydrogen-bond donors (Lipinski definition) is 3. The van der Waals surface area contributed by atoms with E-state index >= 15 is 0 Å². The predicted molar refractivity (Wildman–Crippen MR) is 156 cm³/mol. The SMILES string of the molecule is CCCCc1nc2c(N)nc3ccc(CCOCCNC(=O)CI)cc3c2n1Cc1ccc(O)c(C)c1. The van der Waals surface area contributed by atoms with Crippen molar-refractivity contribution in [2.45, 2.75) is 46.1 Å². The summed E-state index contributed by atoms with van der Waals surface area (Å²) in [5, 5.41) is 13.8. The zero-order valence-corrected chi connectivity index (χ0v) is 23.5. The maximum absolute atomic E-state index is 11.3. The lowest BCUT2D eigenvalue weighted by Crippen LogP contribution is -2.28. The van der Waals surface area contributed by atoms with Crippen molar-refractivity contribution in [3.05, 3.63) is 58.9 Å². The molecule has 2 aromatic heterocycles. The van der Waals surface area contributed by atoms with Gasteiger partial charge in [0, 0.05) is 24.9 Å². The van der Waals surface area contributed by atoms with Crippen molar-refractivity contribution in [2.75, 3.05) is 29.9 Å². The number of carbonyl (C=O) groups excluding carboxylic acids is 1. The molecule has 0 atom stereocenters. The van der Waals surface area contributed by atoms with Gasteiger partial charge in [-0.25, -0.2) is 9.97 Å². The van der Waals surface area contributed by atoms with Gasteiger partial charge in [-0.05, 0) is 54.7 Å². The molecule has 0 aliphatic rings. The molecule has 0 radical (unpaired) electrons. The molecule has 4 aromatic rings. The van der Waals surface area contributed by atoms with Gasteiger partial charge in [-0.2, -0.15) is 0 Å². The van der Waals surface area contributed by atoms with Gasteiger partial charge in [-0.15, -0.1) is 0 Å². The molecule has 0 unspecified atom stereocenters. The van der Waals surface area contributed by atoms with Crippen molar-refractivity contribution < 1.29 is 14.6 Å². The Bertz CT molecular complexity index is 1400. The molecule has 1 amide bonds. The van der Waals surface area contributed by atoms with E-state index in [1.54, 1.807) is 6.07 Å². The standard InChI is InChI=1S/C28H34IN5O3/c1-3-4-5-24-33-26-27(34(24)17-20-7-9-23(35)18(2)14-20)21-15-19(6-8-22(21)32-28(26)30)10-12-37-13-11-31-25(36)16-29/h6-9,14-15,35H,3-5,10-13,16-17H2,1-2H3,(H2,30,32)(H,31,36). The number of nitrogen functional groups attached to an aromatic ring is 1. The molecule has 0 bridgehead atoms. The van der Waals surface area contributed by atoms with Gasteiger partial charge in [0.25, 0.3) is 0 Å². The average molecular weight is 616 g/mol. The first kappa shape index (κ1) is 27.1. The summed E-state index contributed by atoms with van der Waals surface area (Å²) >= 11 is 2.04. The molecule has 196 valence electrons. The predicted octanol–water partition coefficient (Wildman–Crippen LogP) is 4.68. The van der Waals surface area contributed by atoms with Crippen molar-refractivity contribution in [1.29, 1.82) is 0 Å². The average Bonchev–Trinajstić information content (AvgIpc) is 3.26. The second kappa shape index (κ2) is 12.6. The molecule has 0 saturated heterocycles. The fraction of sp³-hybridized carbons (Fsp3) is 0.393. The number of alkyl halides is 1. The highest BCUT2D eigenvalue weighted by molar-refractivity contribution is 14.1. The van der Waals surface area contributed by atoms with Gasteiger partial charge in [0.05, 0.1) is 28.7 Å². The number of nitrogens with one attached hydrogen (secondary N) is 1. The first-order valence-corrected chi connectivity index (χ1v) is 14.2. The number of rotatable bonds is 12. The minimum Gasteiger partial charge on any atom is -0.508 e. The number of pyridine rings is 1. The van der Waals surface area contributed by atoms with E-state index < -0.39 is 0 Å². The Balaban J connectivity index is 1.66. The second-order valence-electron chi connectivity index (χ2n) is 9.23. The smallest absolute Gasteiger partial charge is 0.229 e. The number of phenols is 1. The van der Waals surface area contributed by atoms with E-state index in [4.69, 9.17) is 15.5 Å². The number of nitrogens with two attached hydrogens (primary N) is 1. The second-order valence-corrected chi connectivity index (χ2v) is 9.99. The van der Waals surface area contributed by atoms with Crippen LogP contribution in [0.3, 0.4) is 0 Å². The topological polar surface area (TPSA) is 115 Å². The van der Waals surface area contributed by atoms with Crippen LogP contribution < -0.4 is 11.1 Å². The maximum atomic E-state index is 11.3. The summed E-state index contributed by atoms with van der Waals surface area (Å²) in [6, 6.07) is 11.9. The fourth-order valence-corrected chi connectivity index (χ4v) is 4.73. The van der Waals surface area contributed by atoms with Crippen LogP contribution in [0.2, 0.25) is 0 Å². The number of aromatic hydroxyl groups is 1. The lowest BCUT2D eigenvalue weighted by Gasteiger charge is -2.13. The first-order chi connectivity index (χ1) is 17.9. The van der Waals surface area contributed by atoms with Gasteiger partial charge < -0.3 is 25.5 Å². The normalized spacial score (nSPS) is 11.4. The van der Waals surface area contributed by atoms with Crippen molar-refractivity contribution in [2.24, 2.45) is 0 Å². The number of nitrogens with zero attached hydrogens (tertiary/aromatic N) is 3. The number of hydrogen-bond acceptors (Lipinski definition) is 6. The van der Waals surface area contributed by atoms with E-state index in [9.17, 15) is 9.90 Å². The molecule has 0 fully saturated rings. The number of halogens is 1. The number of carbonyl (C=O) groups is 1. The Morgan fingerprint density at radius 2 is 1.95 bits per heavy atom. The third-order valence-electron chi connectivity index (χ3n) is 6.43. The Morgan fingerprint density at radius 1 is 1.14 bits per heavy atom. The van der Waals surface area contributed by atoms with Gasteiger partial charge in [0.1, 0.15) is 17.1 Å². The number of amides is 1. The Kier molecular flexibility index (Phi) is 9.20. The van der Waals surface area contributed by atoms with Gasteiger partial charge in [-0.1, -0.05) is 54.1 Å². The molecule has 0 aliphatic heterocycles. The van der Waals surface area contributed by atoms with E-state index in [2.05, 4.69) is 33.9 Å². The highest BCUT2D eigenvalue weighted by Crippen LogP contribution is 2.31. The van der Waals surface area contributed by atoms with Gasteiger partial charge in [0.2, 0.25) is 5.91 Å². The number of phenolic OH excluding ortho intramolecular Hbond substituents is 1. The highest BCUT2D eigenvalue weighted by Gasteiger charge is 2.18. The van der Waals surface area contributed by atoms with Crippen LogP contribution in [0.25, 0.3) is 21.9 Å². The summed E-state index contributed by atoms with van der Waals surface area (Å²) in [6.45, 7) is 6.27. The van der Waals surface area contributed by atoms with Crippen molar-refractivity contribution in [3.8, 4) is 5.75 Å². The summed E-state index contributed by atoms with van der Waals surface area (Å²) in [4.78, 5) is 21.0. The molecule has 2 heterocycles. The summed E-state index contributed by atoms with van der Waals surface area (Å²) < 4.78 is 8.44. The van der Waals surface area contributed by atoms with Crippen LogP contribution in [0.1, 0.15) is 42.3 Å². The third kappa shape index (κ3) is 6.51.